The third kappa shape index (κ3) is 3.37. The van der Waals surface area contributed by atoms with E-state index in [4.69, 9.17) is 5.73 Å². The van der Waals surface area contributed by atoms with E-state index in [-0.39, 0.29) is 11.9 Å². The number of hydrogen-bond acceptors (Lipinski definition) is 2. The molecule has 0 radical (unpaired) electrons. The molecule has 1 amide bonds. The van der Waals surface area contributed by atoms with Crippen LogP contribution in [0.3, 0.4) is 0 Å². The van der Waals surface area contributed by atoms with Crippen molar-refractivity contribution < 1.29 is 4.79 Å². The lowest BCUT2D eigenvalue weighted by molar-refractivity contribution is 0.0907. The van der Waals surface area contributed by atoms with Gasteiger partial charge in [-0.15, -0.1) is 0 Å². The standard InChI is InChI=1S/C15H21BrN2O/c1-10-12(6-4-7-13(10)16)15(19)18-14-8-3-2-5-11(14)9-17/h4,6-7,11,14H,2-3,5,8-9,17H2,1H3,(H,18,19). The second-order valence-electron chi connectivity index (χ2n) is 5.27. The van der Waals surface area contributed by atoms with Gasteiger partial charge >= 0.3 is 0 Å². The van der Waals surface area contributed by atoms with Crippen molar-refractivity contribution in [3.8, 4) is 0 Å². The van der Waals surface area contributed by atoms with Gasteiger partial charge in [-0.25, -0.2) is 0 Å². The van der Waals surface area contributed by atoms with Crippen LogP contribution >= 0.6 is 15.9 Å². The normalized spacial score (nSPS) is 23.1. The number of benzene rings is 1. The van der Waals surface area contributed by atoms with Gasteiger partial charge in [0.1, 0.15) is 0 Å². The van der Waals surface area contributed by atoms with Gasteiger partial charge in [-0.3, -0.25) is 4.79 Å². The minimum atomic E-state index is 0.0177. The SMILES string of the molecule is Cc1c(Br)cccc1C(=O)NC1CCCCC1CN. The van der Waals surface area contributed by atoms with Gasteiger partial charge in [-0.1, -0.05) is 34.8 Å². The second-order valence-corrected chi connectivity index (χ2v) is 6.13. The molecule has 1 fully saturated rings. The first kappa shape index (κ1) is 14.5. The molecule has 0 saturated heterocycles. The fraction of sp³-hybridized carbons (Fsp3) is 0.533. The van der Waals surface area contributed by atoms with E-state index >= 15 is 0 Å². The summed E-state index contributed by atoms with van der Waals surface area (Å²) >= 11 is 3.47. The lowest BCUT2D eigenvalue weighted by atomic mass is 9.84. The van der Waals surface area contributed by atoms with Crippen molar-refractivity contribution in [2.24, 2.45) is 11.7 Å². The van der Waals surface area contributed by atoms with Gasteiger partial charge in [0.25, 0.3) is 5.91 Å². The molecule has 1 aromatic rings. The van der Waals surface area contributed by atoms with Crippen molar-refractivity contribution in [3.63, 3.8) is 0 Å². The monoisotopic (exact) mass is 324 g/mol. The van der Waals surface area contributed by atoms with E-state index < -0.39 is 0 Å². The summed E-state index contributed by atoms with van der Waals surface area (Å²) < 4.78 is 0.971. The van der Waals surface area contributed by atoms with Gasteiger partial charge in [0.15, 0.2) is 0 Å². The first-order valence-electron chi connectivity index (χ1n) is 6.89. The minimum Gasteiger partial charge on any atom is -0.349 e. The van der Waals surface area contributed by atoms with E-state index in [0.29, 0.717) is 12.5 Å². The minimum absolute atomic E-state index is 0.0177. The molecule has 0 bridgehead atoms. The van der Waals surface area contributed by atoms with Gasteiger partial charge in [0.05, 0.1) is 0 Å². The average Bonchev–Trinajstić information content (AvgIpc) is 2.42. The molecule has 0 spiro atoms. The smallest absolute Gasteiger partial charge is 0.251 e. The summed E-state index contributed by atoms with van der Waals surface area (Å²) in [6, 6.07) is 5.95. The van der Waals surface area contributed by atoms with Crippen molar-refractivity contribution in [1.29, 1.82) is 0 Å². The predicted octanol–water partition coefficient (Wildman–Crippen LogP) is 3.00. The number of nitrogens with one attached hydrogen (secondary N) is 1. The van der Waals surface area contributed by atoms with Crippen LogP contribution in [0.1, 0.15) is 41.6 Å². The van der Waals surface area contributed by atoms with E-state index in [9.17, 15) is 4.79 Å². The van der Waals surface area contributed by atoms with E-state index in [1.54, 1.807) is 0 Å². The first-order chi connectivity index (χ1) is 9.13. The molecular weight excluding hydrogens is 304 g/mol. The molecule has 0 heterocycles. The highest BCUT2D eigenvalue weighted by atomic mass is 79.9. The Balaban J connectivity index is 2.09. The molecule has 3 N–H and O–H groups in total. The summed E-state index contributed by atoms with van der Waals surface area (Å²) in [5.41, 5.74) is 7.54. The van der Waals surface area contributed by atoms with Crippen molar-refractivity contribution in [2.45, 2.75) is 38.6 Å². The molecule has 2 rings (SSSR count). The number of rotatable bonds is 3. The summed E-state index contributed by atoms with van der Waals surface area (Å²) in [7, 11) is 0. The van der Waals surface area contributed by atoms with Gasteiger partial charge in [0, 0.05) is 16.1 Å². The van der Waals surface area contributed by atoms with Gasteiger partial charge in [0.2, 0.25) is 0 Å². The van der Waals surface area contributed by atoms with Crippen molar-refractivity contribution >= 4 is 21.8 Å². The number of carbonyl (C=O) groups excluding carboxylic acids is 1. The van der Waals surface area contributed by atoms with Crippen molar-refractivity contribution in [1.82, 2.24) is 5.32 Å². The van der Waals surface area contributed by atoms with Crippen LogP contribution in [-0.4, -0.2) is 18.5 Å². The van der Waals surface area contributed by atoms with E-state index in [2.05, 4.69) is 21.2 Å². The number of nitrogens with two attached hydrogens (primary N) is 1. The largest absolute Gasteiger partial charge is 0.349 e. The van der Waals surface area contributed by atoms with Crippen molar-refractivity contribution in [2.75, 3.05) is 6.54 Å². The molecule has 1 saturated carbocycles. The number of halogens is 1. The quantitative estimate of drug-likeness (QED) is 0.898. The molecule has 3 nitrogen and oxygen atoms in total. The molecule has 0 aliphatic heterocycles. The highest BCUT2D eigenvalue weighted by Gasteiger charge is 2.26. The third-order valence-electron chi connectivity index (χ3n) is 4.04. The summed E-state index contributed by atoms with van der Waals surface area (Å²) in [4.78, 5) is 12.4. The molecule has 104 valence electrons. The zero-order chi connectivity index (χ0) is 13.8. The molecule has 0 aromatic heterocycles. The van der Waals surface area contributed by atoms with Gasteiger partial charge in [-0.2, -0.15) is 0 Å². The zero-order valence-electron chi connectivity index (χ0n) is 11.3. The maximum absolute atomic E-state index is 12.4. The Morgan fingerprint density at radius 2 is 2.16 bits per heavy atom. The molecule has 4 heteroatoms. The van der Waals surface area contributed by atoms with Crippen LogP contribution in [0, 0.1) is 12.8 Å². The Bertz CT molecular complexity index is 461. The highest BCUT2D eigenvalue weighted by molar-refractivity contribution is 9.10. The molecule has 19 heavy (non-hydrogen) atoms. The Kier molecular flexibility index (Phi) is 4.99. The Morgan fingerprint density at radius 1 is 1.42 bits per heavy atom. The van der Waals surface area contributed by atoms with Crippen LogP contribution in [-0.2, 0) is 0 Å². The van der Waals surface area contributed by atoms with Crippen LogP contribution in [0.5, 0.6) is 0 Å². The Labute approximate surface area is 123 Å². The molecular formula is C15H21BrN2O. The lowest BCUT2D eigenvalue weighted by Gasteiger charge is -2.31. The van der Waals surface area contributed by atoms with E-state index in [0.717, 1.165) is 28.4 Å². The maximum atomic E-state index is 12.4. The molecule has 1 aliphatic carbocycles. The highest BCUT2D eigenvalue weighted by Crippen LogP contribution is 2.25. The number of carbonyl (C=O) groups is 1. The van der Waals surface area contributed by atoms with Gasteiger partial charge in [-0.05, 0) is 49.9 Å². The Hall–Kier alpha value is -0.870. The second kappa shape index (κ2) is 6.53. The summed E-state index contributed by atoms with van der Waals surface area (Å²) in [6.45, 7) is 2.61. The molecule has 2 unspecified atom stereocenters. The predicted molar refractivity (Wildman–Crippen MR) is 81.1 cm³/mol. The molecule has 1 aromatic carbocycles. The first-order valence-corrected chi connectivity index (χ1v) is 7.69. The topological polar surface area (TPSA) is 55.1 Å². The van der Waals surface area contributed by atoms with Crippen LogP contribution in [0.2, 0.25) is 0 Å². The van der Waals surface area contributed by atoms with E-state index in [1.165, 1.54) is 12.8 Å². The summed E-state index contributed by atoms with van der Waals surface area (Å²) in [6.07, 6.45) is 4.57. The number of amides is 1. The van der Waals surface area contributed by atoms with Crippen LogP contribution in [0.4, 0.5) is 0 Å². The third-order valence-corrected chi connectivity index (χ3v) is 4.90. The summed E-state index contributed by atoms with van der Waals surface area (Å²) in [5, 5.41) is 3.16. The average molecular weight is 325 g/mol. The molecule has 2 atom stereocenters. The lowest BCUT2D eigenvalue weighted by Crippen LogP contribution is -2.44. The fourth-order valence-electron chi connectivity index (χ4n) is 2.78. The van der Waals surface area contributed by atoms with E-state index in [1.807, 2.05) is 25.1 Å². The zero-order valence-corrected chi connectivity index (χ0v) is 12.9. The fourth-order valence-corrected chi connectivity index (χ4v) is 3.15. The van der Waals surface area contributed by atoms with Crippen LogP contribution in [0.25, 0.3) is 0 Å². The molecule has 1 aliphatic rings. The number of hydrogen-bond donors (Lipinski definition) is 2. The van der Waals surface area contributed by atoms with Crippen LogP contribution in [0.15, 0.2) is 22.7 Å². The Morgan fingerprint density at radius 3 is 2.89 bits per heavy atom. The van der Waals surface area contributed by atoms with Crippen LogP contribution < -0.4 is 11.1 Å². The summed E-state index contributed by atoms with van der Waals surface area (Å²) in [5.74, 6) is 0.439. The maximum Gasteiger partial charge on any atom is 0.251 e. The van der Waals surface area contributed by atoms with Gasteiger partial charge < -0.3 is 11.1 Å². The van der Waals surface area contributed by atoms with Crippen molar-refractivity contribution in [3.05, 3.63) is 33.8 Å².